The zero-order valence-corrected chi connectivity index (χ0v) is 10.4. The first-order valence-electron chi connectivity index (χ1n) is 6.10. The van der Waals surface area contributed by atoms with E-state index in [0.29, 0.717) is 13.0 Å². The highest BCUT2D eigenvalue weighted by Crippen LogP contribution is 2.15. The van der Waals surface area contributed by atoms with Crippen LogP contribution in [-0.4, -0.2) is 39.6 Å². The lowest BCUT2D eigenvalue weighted by Gasteiger charge is -2.32. The first-order valence-corrected chi connectivity index (χ1v) is 6.10. The van der Waals surface area contributed by atoms with Crippen LogP contribution in [0.25, 0.3) is 0 Å². The van der Waals surface area contributed by atoms with E-state index in [1.165, 1.54) is 0 Å². The molecule has 2 rings (SSSR count). The molecule has 1 aliphatic rings. The summed E-state index contributed by atoms with van der Waals surface area (Å²) in [6.45, 7) is 7.08. The van der Waals surface area contributed by atoms with Gasteiger partial charge in [0.15, 0.2) is 0 Å². The van der Waals surface area contributed by atoms with Gasteiger partial charge in [0.05, 0.1) is 19.6 Å². The second kappa shape index (κ2) is 5.31. The number of aromatic nitrogens is 2. The average molecular weight is 237 g/mol. The molecular weight excluding hydrogens is 218 g/mol. The lowest BCUT2D eigenvalue weighted by molar-refractivity contribution is -0.144. The van der Waals surface area contributed by atoms with Crippen LogP contribution in [0, 0.1) is 0 Å². The van der Waals surface area contributed by atoms with Gasteiger partial charge in [-0.15, -0.1) is 0 Å². The minimum atomic E-state index is -0.117. The van der Waals surface area contributed by atoms with E-state index in [4.69, 9.17) is 4.74 Å². The van der Waals surface area contributed by atoms with E-state index >= 15 is 0 Å². The third-order valence-corrected chi connectivity index (χ3v) is 3.17. The molecule has 0 aromatic carbocycles. The van der Waals surface area contributed by atoms with Gasteiger partial charge in [0.25, 0.3) is 0 Å². The number of rotatable bonds is 4. The fourth-order valence-corrected chi connectivity index (χ4v) is 2.16. The van der Waals surface area contributed by atoms with Crippen molar-refractivity contribution in [3.05, 3.63) is 18.2 Å². The zero-order chi connectivity index (χ0) is 12.3. The molecule has 1 aliphatic heterocycles. The molecule has 94 valence electrons. The van der Waals surface area contributed by atoms with Crippen LogP contribution >= 0.6 is 0 Å². The largest absolute Gasteiger partial charge is 0.466 e. The van der Waals surface area contributed by atoms with Crippen molar-refractivity contribution >= 4 is 5.97 Å². The Kier molecular flexibility index (Phi) is 3.78. The summed E-state index contributed by atoms with van der Waals surface area (Å²) in [4.78, 5) is 18.0. The molecular formula is C12H19N3O2. The number of hydrogen-bond acceptors (Lipinski definition) is 4. The Labute approximate surface area is 101 Å². The molecule has 0 amide bonds. The molecule has 0 spiro atoms. The molecule has 0 fully saturated rings. The molecule has 1 unspecified atom stereocenters. The molecule has 5 nitrogen and oxygen atoms in total. The number of carbonyl (C=O) groups excluding carboxylic acids is 1. The molecule has 17 heavy (non-hydrogen) atoms. The highest BCUT2D eigenvalue weighted by Gasteiger charge is 2.23. The Hall–Kier alpha value is -1.36. The predicted molar refractivity (Wildman–Crippen MR) is 63.3 cm³/mol. The van der Waals surface area contributed by atoms with Crippen molar-refractivity contribution in [1.82, 2.24) is 14.5 Å². The average Bonchev–Trinajstić information content (AvgIpc) is 2.75. The van der Waals surface area contributed by atoms with Crippen LogP contribution in [-0.2, 0) is 22.6 Å². The van der Waals surface area contributed by atoms with E-state index in [0.717, 1.165) is 25.5 Å². The fraction of sp³-hybridized carbons (Fsp3) is 0.667. The Morgan fingerprint density at radius 1 is 1.59 bits per heavy atom. The third-order valence-electron chi connectivity index (χ3n) is 3.17. The van der Waals surface area contributed by atoms with Crippen molar-refractivity contribution in [1.29, 1.82) is 0 Å². The van der Waals surface area contributed by atoms with Gasteiger partial charge < -0.3 is 9.30 Å². The van der Waals surface area contributed by atoms with Gasteiger partial charge >= 0.3 is 5.97 Å². The van der Waals surface area contributed by atoms with Gasteiger partial charge in [0, 0.05) is 31.5 Å². The molecule has 0 radical (unpaired) electrons. The molecule has 0 N–H and O–H groups in total. The monoisotopic (exact) mass is 237 g/mol. The highest BCUT2D eigenvalue weighted by molar-refractivity contribution is 5.70. The highest BCUT2D eigenvalue weighted by atomic mass is 16.5. The van der Waals surface area contributed by atoms with E-state index in [-0.39, 0.29) is 12.0 Å². The van der Waals surface area contributed by atoms with Crippen molar-refractivity contribution in [3.8, 4) is 0 Å². The van der Waals surface area contributed by atoms with Gasteiger partial charge in [0.2, 0.25) is 0 Å². The summed E-state index contributed by atoms with van der Waals surface area (Å²) in [5, 5.41) is 0. The number of esters is 1. The molecule has 5 heteroatoms. The summed E-state index contributed by atoms with van der Waals surface area (Å²) >= 11 is 0. The minimum Gasteiger partial charge on any atom is -0.466 e. The van der Waals surface area contributed by atoms with Crippen molar-refractivity contribution in [3.63, 3.8) is 0 Å². The van der Waals surface area contributed by atoms with Crippen molar-refractivity contribution in [2.75, 3.05) is 13.2 Å². The van der Waals surface area contributed by atoms with E-state index in [1.54, 1.807) is 0 Å². The normalized spacial score (nSPS) is 17.5. The quantitative estimate of drug-likeness (QED) is 0.734. The minimum absolute atomic E-state index is 0.117. The number of carbonyl (C=O) groups is 1. The summed E-state index contributed by atoms with van der Waals surface area (Å²) in [7, 11) is 0. The molecule has 1 atom stereocenters. The van der Waals surface area contributed by atoms with Gasteiger partial charge in [-0.2, -0.15) is 0 Å². The van der Waals surface area contributed by atoms with Crippen molar-refractivity contribution in [2.24, 2.45) is 0 Å². The van der Waals surface area contributed by atoms with Gasteiger partial charge in [0.1, 0.15) is 5.82 Å². The van der Waals surface area contributed by atoms with Crippen LogP contribution in [0.4, 0.5) is 0 Å². The maximum absolute atomic E-state index is 11.4. The molecule has 0 aliphatic carbocycles. The standard InChI is InChI=1S/C12H19N3O2/c1-3-17-12(16)8-10(2)15-7-6-14-5-4-13-11(14)9-15/h4-5,10H,3,6-9H2,1-2H3. The van der Waals surface area contributed by atoms with Crippen LogP contribution in [0.1, 0.15) is 26.1 Å². The van der Waals surface area contributed by atoms with Crippen LogP contribution in [0.15, 0.2) is 12.4 Å². The lowest BCUT2D eigenvalue weighted by Crippen LogP contribution is -2.40. The number of fused-ring (bicyclic) bond motifs is 1. The molecule has 2 heterocycles. The summed E-state index contributed by atoms with van der Waals surface area (Å²) in [5.74, 6) is 0.959. The molecule has 0 saturated heterocycles. The fourth-order valence-electron chi connectivity index (χ4n) is 2.16. The van der Waals surface area contributed by atoms with Crippen LogP contribution in [0.2, 0.25) is 0 Å². The summed E-state index contributed by atoms with van der Waals surface area (Å²) in [6, 6.07) is 0.208. The van der Waals surface area contributed by atoms with E-state index in [1.807, 2.05) is 19.3 Å². The molecule has 1 aromatic heterocycles. The zero-order valence-electron chi connectivity index (χ0n) is 10.4. The Bertz CT molecular complexity index is 389. The van der Waals surface area contributed by atoms with Crippen molar-refractivity contribution < 1.29 is 9.53 Å². The maximum Gasteiger partial charge on any atom is 0.307 e. The Balaban J connectivity index is 1.89. The number of nitrogens with zero attached hydrogens (tertiary/aromatic N) is 3. The second-order valence-corrected chi connectivity index (χ2v) is 4.37. The van der Waals surface area contributed by atoms with Gasteiger partial charge in [-0.05, 0) is 13.8 Å². The summed E-state index contributed by atoms with van der Waals surface area (Å²) < 4.78 is 7.13. The second-order valence-electron chi connectivity index (χ2n) is 4.37. The van der Waals surface area contributed by atoms with Gasteiger partial charge in [-0.3, -0.25) is 9.69 Å². The van der Waals surface area contributed by atoms with E-state index < -0.39 is 0 Å². The maximum atomic E-state index is 11.4. The van der Waals surface area contributed by atoms with Crippen LogP contribution in [0.5, 0.6) is 0 Å². The summed E-state index contributed by atoms with van der Waals surface area (Å²) in [5.41, 5.74) is 0. The number of ether oxygens (including phenoxy) is 1. The third kappa shape index (κ3) is 2.85. The van der Waals surface area contributed by atoms with Gasteiger partial charge in [-0.1, -0.05) is 0 Å². The molecule has 1 aromatic rings. The lowest BCUT2D eigenvalue weighted by atomic mass is 10.2. The van der Waals surface area contributed by atoms with Gasteiger partial charge in [-0.25, -0.2) is 4.98 Å². The Morgan fingerprint density at radius 2 is 2.41 bits per heavy atom. The SMILES string of the molecule is CCOC(=O)CC(C)N1CCn2ccnc2C1. The predicted octanol–water partition coefficient (Wildman–Crippen LogP) is 1.04. The Morgan fingerprint density at radius 3 is 3.18 bits per heavy atom. The van der Waals surface area contributed by atoms with E-state index in [9.17, 15) is 4.79 Å². The molecule has 0 bridgehead atoms. The first-order chi connectivity index (χ1) is 8.20. The molecule has 0 saturated carbocycles. The topological polar surface area (TPSA) is 47.4 Å². The summed E-state index contributed by atoms with van der Waals surface area (Å²) in [6.07, 6.45) is 4.28. The van der Waals surface area contributed by atoms with Crippen molar-refractivity contribution in [2.45, 2.75) is 39.4 Å². The smallest absolute Gasteiger partial charge is 0.307 e. The first kappa shape index (κ1) is 12.1. The number of imidazole rings is 1. The van der Waals surface area contributed by atoms with Crippen LogP contribution in [0.3, 0.4) is 0 Å². The van der Waals surface area contributed by atoms with Crippen LogP contribution < -0.4 is 0 Å². The van der Waals surface area contributed by atoms with E-state index in [2.05, 4.69) is 21.4 Å². The number of hydrogen-bond donors (Lipinski definition) is 0.